The first-order valence-corrected chi connectivity index (χ1v) is 7.27. The van der Waals surface area contributed by atoms with Crippen LogP contribution in [0.25, 0.3) is 6.08 Å². The molecular weight excluding hydrogens is 316 g/mol. The highest BCUT2D eigenvalue weighted by Gasteiger charge is 2.45. The minimum absolute atomic E-state index is 0.494. The Morgan fingerprint density at radius 3 is 2.59 bits per heavy atom. The van der Waals surface area contributed by atoms with Crippen LogP contribution in [0.4, 0.5) is 0 Å². The van der Waals surface area contributed by atoms with Crippen molar-refractivity contribution < 1.29 is 39.8 Å². The van der Waals surface area contributed by atoms with Gasteiger partial charge in [-0.25, -0.2) is 4.79 Å². The minimum atomic E-state index is -1.66. The fraction of sp³-hybridized carbons (Fsp3) is 0.462. The smallest absolute Gasteiger partial charge is 0.371 e. The maximum atomic E-state index is 11.2. The van der Waals surface area contributed by atoms with E-state index in [2.05, 4.69) is 0 Å². The van der Waals surface area contributed by atoms with Crippen molar-refractivity contribution in [2.45, 2.75) is 30.7 Å². The highest BCUT2D eigenvalue weighted by atomic mass is 32.1. The molecule has 2 heterocycles. The highest BCUT2D eigenvalue weighted by Crippen LogP contribution is 2.25. The number of aliphatic carboxylic acids is 1. The van der Waals surface area contributed by atoms with Crippen molar-refractivity contribution in [1.29, 1.82) is 0 Å². The van der Waals surface area contributed by atoms with Crippen LogP contribution in [-0.2, 0) is 14.3 Å². The second-order valence-corrected chi connectivity index (χ2v) is 5.62. The van der Waals surface area contributed by atoms with E-state index in [1.807, 2.05) is 0 Å². The molecule has 0 radical (unpaired) electrons. The first kappa shape index (κ1) is 16.9. The molecule has 0 amide bonds. The van der Waals surface area contributed by atoms with Gasteiger partial charge >= 0.3 is 5.97 Å². The first-order valence-electron chi connectivity index (χ1n) is 6.39. The number of hydrogen-bond donors (Lipinski definition) is 5. The van der Waals surface area contributed by atoms with E-state index in [1.165, 1.54) is 17.4 Å². The number of thiophene rings is 1. The highest BCUT2D eigenvalue weighted by molar-refractivity contribution is 7.10. The van der Waals surface area contributed by atoms with Crippen molar-refractivity contribution in [3.8, 4) is 0 Å². The zero-order valence-electron chi connectivity index (χ0n) is 11.3. The van der Waals surface area contributed by atoms with E-state index in [1.54, 1.807) is 17.5 Å². The summed E-state index contributed by atoms with van der Waals surface area (Å²) in [5.74, 6) is -1.88. The Hall–Kier alpha value is -1.49. The van der Waals surface area contributed by atoms with E-state index in [9.17, 15) is 20.1 Å². The van der Waals surface area contributed by atoms with Crippen LogP contribution in [0.5, 0.6) is 0 Å². The SMILES string of the molecule is O=C(O)/C(=C/c1cccs1)O[C@H]1OC(CO)C(O)C(O)C1O. The summed E-state index contributed by atoms with van der Waals surface area (Å²) in [4.78, 5) is 11.8. The molecule has 0 saturated carbocycles. The van der Waals surface area contributed by atoms with Crippen LogP contribution in [0, 0.1) is 0 Å². The minimum Gasteiger partial charge on any atom is -0.475 e. The average Bonchev–Trinajstić information content (AvgIpc) is 2.99. The van der Waals surface area contributed by atoms with E-state index in [4.69, 9.17) is 19.7 Å². The maximum Gasteiger partial charge on any atom is 0.371 e. The largest absolute Gasteiger partial charge is 0.475 e. The summed E-state index contributed by atoms with van der Waals surface area (Å²) in [5, 5.41) is 49.1. The number of hydrogen-bond acceptors (Lipinski definition) is 8. The maximum absolute atomic E-state index is 11.2. The molecule has 0 spiro atoms. The van der Waals surface area contributed by atoms with Gasteiger partial charge in [0, 0.05) is 11.0 Å². The summed E-state index contributed by atoms with van der Waals surface area (Å²) in [6.45, 7) is -0.623. The van der Waals surface area contributed by atoms with Crippen molar-refractivity contribution in [2.24, 2.45) is 0 Å². The van der Waals surface area contributed by atoms with Gasteiger partial charge in [-0.15, -0.1) is 11.3 Å². The lowest BCUT2D eigenvalue weighted by molar-refractivity contribution is -0.291. The van der Waals surface area contributed by atoms with Crippen molar-refractivity contribution in [3.63, 3.8) is 0 Å². The molecule has 5 N–H and O–H groups in total. The van der Waals surface area contributed by atoms with Gasteiger partial charge in [0.05, 0.1) is 6.61 Å². The van der Waals surface area contributed by atoms with Crippen LogP contribution < -0.4 is 0 Å². The molecule has 8 nitrogen and oxygen atoms in total. The fourth-order valence-electron chi connectivity index (χ4n) is 1.94. The standard InChI is InChI=1S/C13H16O8S/c14-5-8-9(15)10(16)11(17)13(21-8)20-7(12(18)19)4-6-2-1-3-22-6/h1-4,8-11,13-17H,5H2,(H,18,19)/b7-4-/t8?,9?,10?,11?,13-/m0/s1. The van der Waals surface area contributed by atoms with Crippen molar-refractivity contribution in [1.82, 2.24) is 0 Å². The Bertz CT molecular complexity index is 526. The molecule has 1 aromatic heterocycles. The van der Waals surface area contributed by atoms with Gasteiger partial charge in [-0.2, -0.15) is 0 Å². The lowest BCUT2D eigenvalue weighted by Crippen LogP contribution is -2.59. The van der Waals surface area contributed by atoms with Crippen LogP contribution in [0.15, 0.2) is 23.3 Å². The Morgan fingerprint density at radius 2 is 2.05 bits per heavy atom. The first-order chi connectivity index (χ1) is 10.4. The number of ether oxygens (including phenoxy) is 2. The van der Waals surface area contributed by atoms with Crippen LogP contribution in [-0.4, -0.2) is 68.8 Å². The normalized spacial score (nSPS) is 32.7. The number of carboxylic acids is 1. The molecule has 22 heavy (non-hydrogen) atoms. The predicted molar refractivity (Wildman–Crippen MR) is 74.8 cm³/mol. The molecule has 1 fully saturated rings. The monoisotopic (exact) mass is 332 g/mol. The Labute approximate surface area is 129 Å². The third-order valence-corrected chi connectivity index (χ3v) is 3.94. The molecule has 1 aliphatic rings. The third-order valence-electron chi connectivity index (χ3n) is 3.12. The summed E-state index contributed by atoms with van der Waals surface area (Å²) in [6, 6.07) is 3.40. The zero-order valence-corrected chi connectivity index (χ0v) is 12.1. The number of carboxylic acid groups (broad SMARTS) is 1. The van der Waals surface area contributed by atoms with Crippen LogP contribution in [0.2, 0.25) is 0 Å². The molecule has 1 saturated heterocycles. The van der Waals surface area contributed by atoms with Crippen LogP contribution >= 0.6 is 11.3 Å². The zero-order chi connectivity index (χ0) is 16.3. The van der Waals surface area contributed by atoms with Gasteiger partial charge in [-0.1, -0.05) is 6.07 Å². The van der Waals surface area contributed by atoms with Gasteiger partial charge in [-0.05, 0) is 11.4 Å². The molecule has 0 aromatic carbocycles. The van der Waals surface area contributed by atoms with Crippen molar-refractivity contribution in [3.05, 3.63) is 28.1 Å². The van der Waals surface area contributed by atoms with E-state index >= 15 is 0 Å². The Morgan fingerprint density at radius 1 is 1.32 bits per heavy atom. The predicted octanol–water partition coefficient (Wildman–Crippen LogP) is -1.01. The molecule has 5 atom stereocenters. The second-order valence-electron chi connectivity index (χ2n) is 4.64. The topological polar surface area (TPSA) is 137 Å². The summed E-state index contributed by atoms with van der Waals surface area (Å²) in [5.41, 5.74) is 0. The molecule has 0 bridgehead atoms. The van der Waals surface area contributed by atoms with Crippen molar-refractivity contribution >= 4 is 23.4 Å². The molecule has 0 aliphatic carbocycles. The third kappa shape index (κ3) is 3.64. The molecule has 1 aliphatic heterocycles. The van der Waals surface area contributed by atoms with Gasteiger partial charge in [-0.3, -0.25) is 0 Å². The van der Waals surface area contributed by atoms with Crippen molar-refractivity contribution in [2.75, 3.05) is 6.61 Å². The van der Waals surface area contributed by atoms with E-state index in [-0.39, 0.29) is 0 Å². The number of carbonyl (C=O) groups is 1. The Kier molecular flexibility index (Phi) is 5.51. The summed E-state index contributed by atoms with van der Waals surface area (Å²) in [6.07, 6.45) is -6.28. The van der Waals surface area contributed by atoms with Gasteiger partial charge in [0.25, 0.3) is 0 Å². The lowest BCUT2D eigenvalue weighted by Gasteiger charge is -2.39. The number of aliphatic hydroxyl groups excluding tert-OH is 4. The van der Waals surface area contributed by atoms with E-state index in [0.29, 0.717) is 4.88 Å². The van der Waals surface area contributed by atoms with Crippen LogP contribution in [0.3, 0.4) is 0 Å². The summed E-state index contributed by atoms with van der Waals surface area (Å²) < 4.78 is 10.2. The number of rotatable bonds is 5. The lowest BCUT2D eigenvalue weighted by atomic mass is 9.99. The molecule has 122 valence electrons. The second kappa shape index (κ2) is 7.18. The summed E-state index contributed by atoms with van der Waals surface area (Å²) >= 11 is 1.29. The number of aliphatic hydroxyl groups is 4. The van der Waals surface area contributed by atoms with Crippen LogP contribution in [0.1, 0.15) is 4.88 Å². The van der Waals surface area contributed by atoms with Gasteiger partial charge in [0.2, 0.25) is 12.0 Å². The van der Waals surface area contributed by atoms with Gasteiger partial charge in [0.15, 0.2) is 0 Å². The summed E-state index contributed by atoms with van der Waals surface area (Å²) in [7, 11) is 0. The molecular formula is C13H16O8S. The quantitative estimate of drug-likeness (QED) is 0.342. The molecule has 1 aromatic rings. The Balaban J connectivity index is 2.17. The van der Waals surface area contributed by atoms with Gasteiger partial charge < -0.3 is 35.0 Å². The van der Waals surface area contributed by atoms with Gasteiger partial charge in [0.1, 0.15) is 24.4 Å². The fourth-order valence-corrected chi connectivity index (χ4v) is 2.59. The molecule has 2 rings (SSSR count). The van der Waals surface area contributed by atoms with E-state index in [0.717, 1.165) is 0 Å². The van der Waals surface area contributed by atoms with E-state index < -0.39 is 49.0 Å². The molecule has 9 heteroatoms. The molecule has 4 unspecified atom stereocenters. The average molecular weight is 332 g/mol.